The summed E-state index contributed by atoms with van der Waals surface area (Å²) in [5.41, 5.74) is 2.26. The lowest BCUT2D eigenvalue weighted by Crippen LogP contribution is -2.23. The Hall–Kier alpha value is -1.57. The van der Waals surface area contributed by atoms with E-state index < -0.39 is 5.97 Å². The Morgan fingerprint density at radius 2 is 2.00 bits per heavy atom. The first-order valence-corrected chi connectivity index (χ1v) is 4.54. The molecule has 1 aromatic rings. The van der Waals surface area contributed by atoms with Crippen LogP contribution in [0.5, 0.6) is 0 Å². The zero-order valence-electron chi connectivity index (χ0n) is 8.41. The van der Waals surface area contributed by atoms with E-state index in [2.05, 4.69) is 0 Å². The van der Waals surface area contributed by atoms with Gasteiger partial charge in [-0.2, -0.15) is 0 Å². The Kier molecular flexibility index (Phi) is 3.46. The van der Waals surface area contributed by atoms with E-state index in [0.29, 0.717) is 6.42 Å². The molecule has 0 N–H and O–H groups in total. The van der Waals surface area contributed by atoms with Crippen LogP contribution in [-0.4, -0.2) is 5.97 Å². The van der Waals surface area contributed by atoms with Crippen molar-refractivity contribution in [3.8, 4) is 0 Å². The summed E-state index contributed by atoms with van der Waals surface area (Å²) in [6.07, 6.45) is 2.65. The average molecular weight is 189 g/mol. The van der Waals surface area contributed by atoms with Gasteiger partial charge in [0.1, 0.15) is 0 Å². The van der Waals surface area contributed by atoms with E-state index in [-0.39, 0.29) is 5.56 Å². The quantitative estimate of drug-likeness (QED) is 0.677. The van der Waals surface area contributed by atoms with E-state index >= 15 is 0 Å². The Balaban J connectivity index is 2.96. The lowest BCUT2D eigenvalue weighted by atomic mass is 10.0. The van der Waals surface area contributed by atoms with Crippen molar-refractivity contribution in [2.45, 2.75) is 20.3 Å². The number of aromatic carboxylic acids is 1. The highest BCUT2D eigenvalue weighted by molar-refractivity contribution is 5.87. The zero-order chi connectivity index (χ0) is 10.6. The molecular formula is C12H13O2-. The van der Waals surface area contributed by atoms with Crippen molar-refractivity contribution < 1.29 is 9.90 Å². The highest BCUT2D eigenvalue weighted by atomic mass is 16.4. The third-order valence-electron chi connectivity index (χ3n) is 1.97. The predicted octanol–water partition coefficient (Wildman–Crippen LogP) is 1.56. The van der Waals surface area contributed by atoms with Gasteiger partial charge in [-0.1, -0.05) is 35.9 Å². The monoisotopic (exact) mass is 189 g/mol. The van der Waals surface area contributed by atoms with Crippen LogP contribution in [0.1, 0.15) is 29.8 Å². The van der Waals surface area contributed by atoms with Crippen LogP contribution < -0.4 is 5.11 Å². The number of carboxylic acids is 1. The molecule has 0 heterocycles. The van der Waals surface area contributed by atoms with Gasteiger partial charge in [0.25, 0.3) is 0 Å². The third kappa shape index (κ3) is 2.73. The lowest BCUT2D eigenvalue weighted by Gasteiger charge is -2.07. The topological polar surface area (TPSA) is 40.1 Å². The van der Waals surface area contributed by atoms with Gasteiger partial charge in [0, 0.05) is 5.56 Å². The largest absolute Gasteiger partial charge is 0.545 e. The first kappa shape index (κ1) is 10.5. The molecule has 0 saturated carbocycles. The van der Waals surface area contributed by atoms with E-state index in [0.717, 1.165) is 5.56 Å². The number of carboxylic acid groups (broad SMARTS) is 1. The summed E-state index contributed by atoms with van der Waals surface area (Å²) in [5, 5.41) is 10.7. The van der Waals surface area contributed by atoms with Crippen LogP contribution in [0.4, 0.5) is 0 Å². The molecule has 0 saturated heterocycles. The third-order valence-corrected chi connectivity index (χ3v) is 1.97. The zero-order valence-corrected chi connectivity index (χ0v) is 8.41. The van der Waals surface area contributed by atoms with E-state index in [9.17, 15) is 9.90 Å². The van der Waals surface area contributed by atoms with Crippen molar-refractivity contribution in [3.63, 3.8) is 0 Å². The van der Waals surface area contributed by atoms with Gasteiger partial charge in [-0.05, 0) is 25.8 Å². The maximum Gasteiger partial charge on any atom is 0.0718 e. The first-order valence-electron chi connectivity index (χ1n) is 4.54. The van der Waals surface area contributed by atoms with Crippen LogP contribution >= 0.6 is 0 Å². The second-order valence-electron chi connectivity index (χ2n) is 3.43. The number of rotatable bonds is 3. The molecule has 1 aromatic carbocycles. The van der Waals surface area contributed by atoms with Gasteiger partial charge >= 0.3 is 0 Å². The number of benzene rings is 1. The van der Waals surface area contributed by atoms with E-state index in [1.807, 2.05) is 32.1 Å². The van der Waals surface area contributed by atoms with Crippen LogP contribution in [0.15, 0.2) is 35.9 Å². The Labute approximate surface area is 83.9 Å². The Morgan fingerprint density at radius 1 is 1.36 bits per heavy atom. The highest BCUT2D eigenvalue weighted by Crippen LogP contribution is 2.09. The molecular weight excluding hydrogens is 176 g/mol. The van der Waals surface area contributed by atoms with Gasteiger partial charge in [0.05, 0.1) is 5.97 Å². The first-order chi connectivity index (χ1) is 6.61. The molecule has 14 heavy (non-hydrogen) atoms. The Morgan fingerprint density at radius 3 is 2.57 bits per heavy atom. The summed E-state index contributed by atoms with van der Waals surface area (Å²) in [4.78, 5) is 10.7. The van der Waals surface area contributed by atoms with Gasteiger partial charge < -0.3 is 9.90 Å². The maximum absolute atomic E-state index is 10.7. The summed E-state index contributed by atoms with van der Waals surface area (Å²) in [6.45, 7) is 3.98. The minimum absolute atomic E-state index is 0.282. The van der Waals surface area contributed by atoms with Crippen LogP contribution in [0.2, 0.25) is 0 Å². The van der Waals surface area contributed by atoms with E-state index in [4.69, 9.17) is 0 Å². The molecule has 0 aliphatic rings. The fraction of sp³-hybridized carbons (Fsp3) is 0.250. The van der Waals surface area contributed by atoms with Crippen molar-refractivity contribution in [2.24, 2.45) is 0 Å². The molecule has 2 heteroatoms. The van der Waals surface area contributed by atoms with Crippen molar-refractivity contribution in [2.75, 3.05) is 0 Å². The summed E-state index contributed by atoms with van der Waals surface area (Å²) in [7, 11) is 0. The van der Waals surface area contributed by atoms with E-state index in [1.165, 1.54) is 5.57 Å². The SMILES string of the molecule is CC(C)=CCc1ccccc1C(=O)[O-]. The van der Waals surface area contributed by atoms with Crippen molar-refractivity contribution in [1.29, 1.82) is 0 Å². The molecule has 0 aliphatic carbocycles. The predicted molar refractivity (Wildman–Crippen MR) is 53.9 cm³/mol. The number of carbonyl (C=O) groups excluding carboxylic acids is 1. The van der Waals surface area contributed by atoms with Gasteiger partial charge in [-0.3, -0.25) is 0 Å². The van der Waals surface area contributed by atoms with Crippen LogP contribution in [0, 0.1) is 0 Å². The number of carbonyl (C=O) groups is 1. The molecule has 0 aliphatic heterocycles. The number of hydrogen-bond donors (Lipinski definition) is 0. The molecule has 0 spiro atoms. The number of allylic oxidation sites excluding steroid dienone is 2. The molecule has 0 aromatic heterocycles. The highest BCUT2D eigenvalue weighted by Gasteiger charge is 1.99. The average Bonchev–Trinajstić information content (AvgIpc) is 2.15. The molecule has 1 rings (SSSR count). The molecule has 0 fully saturated rings. The summed E-state index contributed by atoms with van der Waals surface area (Å²) < 4.78 is 0. The van der Waals surface area contributed by atoms with E-state index in [1.54, 1.807) is 12.1 Å². The standard InChI is InChI=1S/C12H14O2/c1-9(2)7-8-10-5-3-4-6-11(10)12(13)14/h3-7H,8H2,1-2H3,(H,13,14)/p-1. The summed E-state index contributed by atoms with van der Waals surface area (Å²) >= 11 is 0. The minimum atomic E-state index is -1.11. The number of hydrogen-bond acceptors (Lipinski definition) is 2. The maximum atomic E-state index is 10.7. The fourth-order valence-corrected chi connectivity index (χ4v) is 1.21. The molecule has 0 bridgehead atoms. The normalized spacial score (nSPS) is 9.57. The van der Waals surface area contributed by atoms with Gasteiger partial charge in [0.15, 0.2) is 0 Å². The fourth-order valence-electron chi connectivity index (χ4n) is 1.21. The molecule has 74 valence electrons. The lowest BCUT2D eigenvalue weighted by molar-refractivity contribution is -0.255. The summed E-state index contributed by atoms with van der Waals surface area (Å²) in [6, 6.07) is 6.92. The van der Waals surface area contributed by atoms with Crippen molar-refractivity contribution in [1.82, 2.24) is 0 Å². The second-order valence-corrected chi connectivity index (χ2v) is 3.43. The second kappa shape index (κ2) is 4.61. The molecule has 0 atom stereocenters. The van der Waals surface area contributed by atoms with Crippen LogP contribution in [0.25, 0.3) is 0 Å². The van der Waals surface area contributed by atoms with Gasteiger partial charge in [0.2, 0.25) is 0 Å². The van der Waals surface area contributed by atoms with Crippen LogP contribution in [0.3, 0.4) is 0 Å². The molecule has 2 nitrogen and oxygen atoms in total. The minimum Gasteiger partial charge on any atom is -0.545 e. The van der Waals surface area contributed by atoms with Crippen LogP contribution in [-0.2, 0) is 6.42 Å². The van der Waals surface area contributed by atoms with Gasteiger partial charge in [-0.25, -0.2) is 0 Å². The molecule has 0 radical (unpaired) electrons. The molecule has 0 amide bonds. The summed E-state index contributed by atoms with van der Waals surface area (Å²) in [5.74, 6) is -1.11. The smallest absolute Gasteiger partial charge is 0.0718 e. The Bertz CT molecular complexity index is 360. The van der Waals surface area contributed by atoms with Crippen molar-refractivity contribution in [3.05, 3.63) is 47.0 Å². The molecule has 0 unspecified atom stereocenters. The van der Waals surface area contributed by atoms with Crippen molar-refractivity contribution >= 4 is 5.97 Å². The van der Waals surface area contributed by atoms with Gasteiger partial charge in [-0.15, -0.1) is 0 Å².